The summed E-state index contributed by atoms with van der Waals surface area (Å²) in [6.07, 6.45) is 0. The van der Waals surface area contributed by atoms with E-state index in [1.807, 2.05) is 56.3 Å². The van der Waals surface area contributed by atoms with E-state index in [0.29, 0.717) is 11.6 Å². The lowest BCUT2D eigenvalue weighted by molar-refractivity contribution is -0.118. The fraction of sp³-hybridized carbons (Fsp3) is 0.211. The third-order valence-corrected chi connectivity index (χ3v) is 3.90. The highest BCUT2D eigenvalue weighted by molar-refractivity contribution is 5.99. The maximum Gasteiger partial charge on any atom is 0.319 e. The van der Waals surface area contributed by atoms with Gasteiger partial charge < -0.3 is 15.6 Å². The number of fused-ring (bicyclic) bond motifs is 1. The van der Waals surface area contributed by atoms with Gasteiger partial charge in [-0.1, -0.05) is 44.2 Å². The van der Waals surface area contributed by atoms with Gasteiger partial charge in [-0.15, -0.1) is 0 Å². The zero-order valence-corrected chi connectivity index (χ0v) is 14.6. The number of hydrogen-bond donors (Lipinski definition) is 4. The summed E-state index contributed by atoms with van der Waals surface area (Å²) in [5.74, 6) is -0.0738. The van der Waals surface area contributed by atoms with Crippen molar-refractivity contribution in [2.24, 2.45) is 5.92 Å². The third kappa shape index (κ3) is 4.18. The van der Waals surface area contributed by atoms with E-state index in [4.69, 9.17) is 0 Å². The number of hydrogen-bond acceptors (Lipinski definition) is 3. The minimum Gasteiger partial charge on any atom is -0.326 e. The molecule has 0 radical (unpaired) electrons. The predicted molar refractivity (Wildman–Crippen MR) is 102 cm³/mol. The molecule has 4 N–H and O–H groups in total. The van der Waals surface area contributed by atoms with E-state index < -0.39 is 12.1 Å². The van der Waals surface area contributed by atoms with Crippen LogP contribution in [-0.4, -0.2) is 27.9 Å². The van der Waals surface area contributed by atoms with Crippen LogP contribution < -0.4 is 16.0 Å². The van der Waals surface area contributed by atoms with Gasteiger partial charge in [-0.05, 0) is 30.2 Å². The largest absolute Gasteiger partial charge is 0.326 e. The minimum atomic E-state index is -0.702. The Kier molecular flexibility index (Phi) is 5.17. The Labute approximate surface area is 151 Å². The number of carbonyl (C=O) groups is 2. The molecule has 0 saturated carbocycles. The molecule has 134 valence electrons. The molecule has 3 amide bonds. The topological polar surface area (TPSA) is 98.9 Å². The summed E-state index contributed by atoms with van der Waals surface area (Å²) in [5.41, 5.74) is 2.25. The number of para-hydroxylation sites is 3. The van der Waals surface area contributed by atoms with E-state index in [9.17, 15) is 9.59 Å². The molecule has 1 aromatic heterocycles. The van der Waals surface area contributed by atoms with Crippen molar-refractivity contribution in [2.75, 3.05) is 10.6 Å². The van der Waals surface area contributed by atoms with Crippen molar-refractivity contribution < 1.29 is 9.59 Å². The fourth-order valence-corrected chi connectivity index (χ4v) is 2.57. The second kappa shape index (κ2) is 7.69. The highest BCUT2D eigenvalue weighted by Crippen LogP contribution is 2.14. The van der Waals surface area contributed by atoms with Crippen LogP contribution in [0.4, 0.5) is 16.4 Å². The average Bonchev–Trinajstić information content (AvgIpc) is 3.02. The Morgan fingerprint density at radius 3 is 2.35 bits per heavy atom. The number of urea groups is 1. The van der Waals surface area contributed by atoms with Crippen LogP contribution in [0.2, 0.25) is 0 Å². The van der Waals surface area contributed by atoms with Gasteiger partial charge in [0.25, 0.3) is 0 Å². The molecule has 0 aliphatic rings. The molecule has 1 atom stereocenters. The first-order valence-electron chi connectivity index (χ1n) is 8.41. The lowest BCUT2D eigenvalue weighted by Crippen LogP contribution is -2.48. The van der Waals surface area contributed by atoms with E-state index in [1.165, 1.54) is 0 Å². The quantitative estimate of drug-likeness (QED) is 0.567. The van der Waals surface area contributed by atoms with E-state index >= 15 is 0 Å². The minimum absolute atomic E-state index is 0.0964. The Balaban J connectivity index is 1.66. The maximum absolute atomic E-state index is 12.6. The summed E-state index contributed by atoms with van der Waals surface area (Å²) in [5, 5.41) is 8.16. The van der Waals surface area contributed by atoms with E-state index in [2.05, 4.69) is 25.9 Å². The van der Waals surface area contributed by atoms with Crippen LogP contribution in [-0.2, 0) is 4.79 Å². The van der Waals surface area contributed by atoms with Crippen LogP contribution in [0.3, 0.4) is 0 Å². The second-order valence-electron chi connectivity index (χ2n) is 6.28. The van der Waals surface area contributed by atoms with E-state index in [0.717, 1.165) is 11.0 Å². The molecule has 26 heavy (non-hydrogen) atoms. The lowest BCUT2D eigenvalue weighted by Gasteiger charge is -2.21. The molecule has 3 rings (SSSR count). The third-order valence-electron chi connectivity index (χ3n) is 3.90. The normalized spacial score (nSPS) is 12.0. The van der Waals surface area contributed by atoms with Crippen LogP contribution in [0.5, 0.6) is 0 Å². The van der Waals surface area contributed by atoms with Gasteiger partial charge in [0.1, 0.15) is 6.04 Å². The molecule has 0 spiro atoms. The summed E-state index contributed by atoms with van der Waals surface area (Å²) < 4.78 is 0. The highest BCUT2D eigenvalue weighted by atomic mass is 16.2. The van der Waals surface area contributed by atoms with E-state index in [1.54, 1.807) is 12.1 Å². The molecule has 3 aromatic rings. The molecule has 1 heterocycles. The number of nitrogens with one attached hydrogen (secondary N) is 4. The van der Waals surface area contributed by atoms with Crippen molar-refractivity contribution in [2.45, 2.75) is 19.9 Å². The van der Waals surface area contributed by atoms with Crippen molar-refractivity contribution >= 4 is 34.6 Å². The van der Waals surface area contributed by atoms with Crippen LogP contribution >= 0.6 is 0 Å². The average molecular weight is 351 g/mol. The molecule has 0 saturated heterocycles. The molecular weight excluding hydrogens is 330 g/mol. The van der Waals surface area contributed by atoms with Gasteiger partial charge in [-0.25, -0.2) is 9.78 Å². The first-order valence-corrected chi connectivity index (χ1v) is 8.41. The first kappa shape index (κ1) is 17.5. The Bertz CT molecular complexity index is 871. The van der Waals surface area contributed by atoms with Gasteiger partial charge in [0, 0.05) is 5.69 Å². The Morgan fingerprint density at radius 1 is 0.962 bits per heavy atom. The van der Waals surface area contributed by atoms with Gasteiger partial charge >= 0.3 is 6.03 Å². The maximum atomic E-state index is 12.6. The molecular formula is C19H21N5O2. The first-order chi connectivity index (χ1) is 12.5. The molecule has 0 fully saturated rings. The van der Waals surface area contributed by atoms with Gasteiger partial charge in [0.2, 0.25) is 11.9 Å². The number of nitrogens with zero attached hydrogens (tertiary/aromatic N) is 1. The standard InChI is InChI=1S/C19H21N5O2/c1-12(2)16(23-19(26)20-13-8-4-3-5-9-13)17(25)24-18-21-14-10-6-7-11-15(14)22-18/h3-12,16H,1-2H3,(H2,20,23,26)(H2,21,22,24,25). The summed E-state index contributed by atoms with van der Waals surface area (Å²) in [4.78, 5) is 32.2. The van der Waals surface area contributed by atoms with Crippen LogP contribution in [0.1, 0.15) is 13.8 Å². The summed E-state index contributed by atoms with van der Waals surface area (Å²) in [7, 11) is 0. The number of rotatable bonds is 5. The van der Waals surface area contributed by atoms with Crippen molar-refractivity contribution in [3.8, 4) is 0 Å². The second-order valence-corrected chi connectivity index (χ2v) is 6.28. The highest BCUT2D eigenvalue weighted by Gasteiger charge is 2.25. The van der Waals surface area contributed by atoms with Crippen LogP contribution in [0, 0.1) is 5.92 Å². The lowest BCUT2D eigenvalue weighted by atomic mass is 10.0. The van der Waals surface area contributed by atoms with Crippen molar-refractivity contribution in [1.29, 1.82) is 0 Å². The molecule has 0 bridgehead atoms. The molecule has 7 heteroatoms. The summed E-state index contributed by atoms with van der Waals surface area (Å²) in [6.45, 7) is 3.73. The summed E-state index contributed by atoms with van der Waals surface area (Å²) >= 11 is 0. The molecule has 2 aromatic carbocycles. The number of anilines is 2. The van der Waals surface area contributed by atoms with Crippen molar-refractivity contribution in [1.82, 2.24) is 15.3 Å². The molecule has 0 aliphatic carbocycles. The molecule has 1 unspecified atom stereocenters. The number of imidazole rings is 1. The van der Waals surface area contributed by atoms with Gasteiger partial charge in [-0.3, -0.25) is 10.1 Å². The number of benzene rings is 2. The summed E-state index contributed by atoms with van der Waals surface area (Å²) in [6, 6.07) is 15.4. The van der Waals surface area contributed by atoms with Gasteiger partial charge in [0.15, 0.2) is 0 Å². The van der Waals surface area contributed by atoms with Gasteiger partial charge in [0.05, 0.1) is 11.0 Å². The van der Waals surface area contributed by atoms with E-state index in [-0.39, 0.29) is 11.8 Å². The van der Waals surface area contributed by atoms with Crippen LogP contribution in [0.25, 0.3) is 11.0 Å². The SMILES string of the molecule is CC(C)C(NC(=O)Nc1ccccc1)C(=O)Nc1nc2ccccc2[nH]1. The zero-order chi connectivity index (χ0) is 18.5. The monoisotopic (exact) mass is 351 g/mol. The van der Waals surface area contributed by atoms with Crippen LogP contribution in [0.15, 0.2) is 54.6 Å². The molecule has 7 nitrogen and oxygen atoms in total. The Hall–Kier alpha value is -3.35. The number of aromatic nitrogens is 2. The fourth-order valence-electron chi connectivity index (χ4n) is 2.57. The van der Waals surface area contributed by atoms with Gasteiger partial charge in [-0.2, -0.15) is 0 Å². The number of carbonyl (C=O) groups excluding carboxylic acids is 2. The predicted octanol–water partition coefficient (Wildman–Crippen LogP) is 3.35. The van der Waals surface area contributed by atoms with Crippen molar-refractivity contribution in [3.05, 3.63) is 54.6 Å². The molecule has 0 aliphatic heterocycles. The number of amides is 3. The number of aromatic amines is 1. The van der Waals surface area contributed by atoms with Crippen molar-refractivity contribution in [3.63, 3.8) is 0 Å². The smallest absolute Gasteiger partial charge is 0.319 e. The zero-order valence-electron chi connectivity index (χ0n) is 14.6. The Morgan fingerprint density at radius 2 is 1.65 bits per heavy atom. The number of H-pyrrole nitrogens is 1.